The molecule has 0 N–H and O–H groups in total. The lowest BCUT2D eigenvalue weighted by molar-refractivity contribution is 0.0642. The molecule has 3 fully saturated rings. The van der Waals surface area contributed by atoms with Gasteiger partial charge in [-0.15, -0.1) is 0 Å². The van der Waals surface area contributed by atoms with E-state index in [2.05, 4.69) is 48.5 Å². The summed E-state index contributed by atoms with van der Waals surface area (Å²) in [4.78, 5) is 0. The Kier molecular flexibility index (Phi) is 1.78. The molecule has 3 saturated carbocycles. The van der Waals surface area contributed by atoms with Crippen molar-refractivity contribution in [2.75, 3.05) is 0 Å². The van der Waals surface area contributed by atoms with Crippen molar-refractivity contribution in [3.63, 3.8) is 0 Å². The SMILES string of the molecule is [c]1ccc2c(c1)C1(CC3CC(C3)C1)c1c[c]ccc1-2. The molecular formula is C19H16. The van der Waals surface area contributed by atoms with E-state index in [-0.39, 0.29) is 0 Å². The van der Waals surface area contributed by atoms with Crippen LogP contribution < -0.4 is 0 Å². The van der Waals surface area contributed by atoms with Gasteiger partial charge >= 0.3 is 0 Å². The van der Waals surface area contributed by atoms with Crippen molar-refractivity contribution in [2.45, 2.75) is 31.1 Å². The molecule has 0 amide bonds. The van der Waals surface area contributed by atoms with Crippen LogP contribution in [0.25, 0.3) is 11.1 Å². The van der Waals surface area contributed by atoms with E-state index in [4.69, 9.17) is 0 Å². The molecule has 4 aliphatic carbocycles. The quantitative estimate of drug-likeness (QED) is 0.645. The molecule has 0 aromatic heterocycles. The molecule has 4 aliphatic rings. The van der Waals surface area contributed by atoms with E-state index >= 15 is 0 Å². The molecule has 0 atom stereocenters. The van der Waals surface area contributed by atoms with Crippen LogP contribution in [-0.2, 0) is 5.41 Å². The lowest BCUT2D eigenvalue weighted by Crippen LogP contribution is -2.43. The fourth-order valence-electron chi connectivity index (χ4n) is 4.98. The molecule has 0 nitrogen and oxygen atoms in total. The summed E-state index contributed by atoms with van der Waals surface area (Å²) in [5.41, 5.74) is 6.28. The zero-order valence-electron chi connectivity index (χ0n) is 10.9. The summed E-state index contributed by atoms with van der Waals surface area (Å²) in [6.45, 7) is 0. The van der Waals surface area contributed by atoms with E-state index in [9.17, 15) is 0 Å². The van der Waals surface area contributed by atoms with E-state index in [0.29, 0.717) is 5.41 Å². The Labute approximate surface area is 114 Å². The minimum atomic E-state index is 0.298. The molecule has 2 radical (unpaired) electrons. The maximum atomic E-state index is 3.32. The molecule has 2 aromatic rings. The first kappa shape index (κ1) is 10.3. The van der Waals surface area contributed by atoms with Crippen LogP contribution in [0.1, 0.15) is 36.8 Å². The third-order valence-electron chi connectivity index (χ3n) is 5.66. The average Bonchev–Trinajstić information content (AvgIpc) is 2.70. The third kappa shape index (κ3) is 1.16. The highest BCUT2D eigenvalue weighted by Crippen LogP contribution is 2.62. The number of benzene rings is 2. The molecule has 92 valence electrons. The number of fused-ring (bicyclic) bond motifs is 3. The van der Waals surface area contributed by atoms with Gasteiger partial charge in [0.15, 0.2) is 0 Å². The fraction of sp³-hybridized carbons (Fsp3) is 0.368. The van der Waals surface area contributed by atoms with Crippen LogP contribution in [0.4, 0.5) is 0 Å². The second-order valence-corrected chi connectivity index (χ2v) is 6.64. The molecule has 0 heteroatoms. The van der Waals surface area contributed by atoms with Crippen molar-refractivity contribution >= 4 is 0 Å². The zero-order valence-corrected chi connectivity index (χ0v) is 10.9. The second kappa shape index (κ2) is 3.30. The fourth-order valence-corrected chi connectivity index (χ4v) is 4.98. The van der Waals surface area contributed by atoms with Crippen molar-refractivity contribution in [3.8, 4) is 11.1 Å². The van der Waals surface area contributed by atoms with Crippen molar-refractivity contribution in [1.29, 1.82) is 0 Å². The Morgan fingerprint density at radius 1 is 0.842 bits per heavy atom. The van der Waals surface area contributed by atoms with Gasteiger partial charge in [-0.25, -0.2) is 0 Å². The highest BCUT2D eigenvalue weighted by atomic mass is 14.6. The highest BCUT2D eigenvalue weighted by molar-refractivity contribution is 5.81. The van der Waals surface area contributed by atoms with Gasteiger partial charge in [0, 0.05) is 5.41 Å². The standard InChI is InChI=1S/C19H16/c1-3-7-17-15(5-1)16-6-2-4-8-18(16)19(17)11-13-9-14(10-13)12-19/h1-2,5-8,13-14H,9-12H2. The summed E-state index contributed by atoms with van der Waals surface area (Å²) >= 11 is 0. The van der Waals surface area contributed by atoms with Crippen molar-refractivity contribution in [2.24, 2.45) is 11.8 Å². The summed E-state index contributed by atoms with van der Waals surface area (Å²) in [7, 11) is 0. The normalized spacial score (nSPS) is 28.6. The lowest BCUT2D eigenvalue weighted by Gasteiger charge is -2.52. The summed E-state index contributed by atoms with van der Waals surface area (Å²) in [5.74, 6) is 1.91. The van der Waals surface area contributed by atoms with Crippen LogP contribution in [0, 0.1) is 24.0 Å². The van der Waals surface area contributed by atoms with Gasteiger partial charge in [-0.3, -0.25) is 0 Å². The second-order valence-electron chi connectivity index (χ2n) is 6.64. The Balaban J connectivity index is 1.81. The van der Waals surface area contributed by atoms with Crippen LogP contribution in [-0.4, -0.2) is 0 Å². The van der Waals surface area contributed by atoms with Crippen LogP contribution in [0.5, 0.6) is 0 Å². The van der Waals surface area contributed by atoms with Crippen molar-refractivity contribution in [3.05, 3.63) is 59.7 Å². The van der Waals surface area contributed by atoms with Gasteiger partial charge in [-0.05, 0) is 84.0 Å². The zero-order chi connectivity index (χ0) is 12.4. The van der Waals surface area contributed by atoms with Gasteiger partial charge in [0.25, 0.3) is 0 Å². The van der Waals surface area contributed by atoms with Gasteiger partial charge in [-0.2, -0.15) is 0 Å². The van der Waals surface area contributed by atoms with Crippen LogP contribution in [0.15, 0.2) is 36.4 Å². The van der Waals surface area contributed by atoms with Crippen LogP contribution >= 0.6 is 0 Å². The van der Waals surface area contributed by atoms with E-state index in [0.717, 1.165) is 11.8 Å². The first-order chi connectivity index (χ1) is 9.37. The van der Waals surface area contributed by atoms with E-state index < -0.39 is 0 Å². The minimum absolute atomic E-state index is 0.298. The van der Waals surface area contributed by atoms with Gasteiger partial charge in [0.1, 0.15) is 0 Å². The van der Waals surface area contributed by atoms with E-state index in [1.165, 1.54) is 36.8 Å². The third-order valence-corrected chi connectivity index (χ3v) is 5.66. The monoisotopic (exact) mass is 244 g/mol. The molecule has 0 aliphatic heterocycles. The van der Waals surface area contributed by atoms with Crippen LogP contribution in [0.2, 0.25) is 0 Å². The molecule has 0 saturated heterocycles. The molecular weight excluding hydrogens is 228 g/mol. The Bertz CT molecular complexity index is 604. The predicted octanol–water partition coefficient (Wildman–Crippen LogP) is 4.37. The van der Waals surface area contributed by atoms with E-state index in [1.807, 2.05) is 0 Å². The molecule has 6 rings (SSSR count). The number of hydrogen-bond donors (Lipinski definition) is 0. The Morgan fingerprint density at radius 3 is 1.89 bits per heavy atom. The van der Waals surface area contributed by atoms with Crippen molar-refractivity contribution < 1.29 is 0 Å². The molecule has 1 spiro atoms. The van der Waals surface area contributed by atoms with Gasteiger partial charge < -0.3 is 0 Å². The smallest absolute Gasteiger partial charge is 0.0220 e. The minimum Gasteiger partial charge on any atom is -0.0537 e. The molecule has 19 heavy (non-hydrogen) atoms. The Hall–Kier alpha value is -1.56. The summed E-state index contributed by atoms with van der Waals surface area (Å²) in [5, 5.41) is 0. The predicted molar refractivity (Wildman–Crippen MR) is 75.8 cm³/mol. The van der Waals surface area contributed by atoms with Gasteiger partial charge in [0.05, 0.1) is 0 Å². The topological polar surface area (TPSA) is 0 Å². The summed E-state index contributed by atoms with van der Waals surface area (Å²) < 4.78 is 0. The maximum Gasteiger partial charge on any atom is 0.0220 e. The summed E-state index contributed by atoms with van der Waals surface area (Å²) in [6.07, 6.45) is 5.64. The average molecular weight is 244 g/mol. The van der Waals surface area contributed by atoms with Gasteiger partial charge in [0.2, 0.25) is 0 Å². The molecule has 2 aromatic carbocycles. The highest BCUT2D eigenvalue weighted by Gasteiger charge is 2.52. The Morgan fingerprint density at radius 2 is 1.37 bits per heavy atom. The molecule has 2 bridgehead atoms. The number of hydrogen-bond acceptors (Lipinski definition) is 0. The number of rotatable bonds is 0. The maximum absolute atomic E-state index is 3.32. The van der Waals surface area contributed by atoms with E-state index in [1.54, 1.807) is 11.1 Å². The van der Waals surface area contributed by atoms with Gasteiger partial charge in [-0.1, -0.05) is 24.3 Å². The summed E-state index contributed by atoms with van der Waals surface area (Å²) in [6, 6.07) is 19.8. The van der Waals surface area contributed by atoms with Crippen molar-refractivity contribution in [1.82, 2.24) is 0 Å². The van der Waals surface area contributed by atoms with Crippen LogP contribution in [0.3, 0.4) is 0 Å². The molecule has 0 unspecified atom stereocenters. The molecule has 0 heterocycles. The first-order valence-corrected chi connectivity index (χ1v) is 7.38. The first-order valence-electron chi connectivity index (χ1n) is 7.38. The lowest BCUT2D eigenvalue weighted by atomic mass is 9.52. The largest absolute Gasteiger partial charge is 0.0537 e.